The Hall–Kier alpha value is -3.87. The van der Waals surface area contributed by atoms with Crippen LogP contribution in [0.4, 0.5) is 5.69 Å². The first kappa shape index (κ1) is 35.5. The summed E-state index contributed by atoms with van der Waals surface area (Å²) in [7, 11) is -0.598. The second-order valence-corrected chi connectivity index (χ2v) is 17.5. The lowest BCUT2D eigenvalue weighted by atomic mass is 9.64. The largest absolute Gasteiger partial charge is 0.490 e. The van der Waals surface area contributed by atoms with Crippen LogP contribution in [0.25, 0.3) is 0 Å². The molecule has 51 heavy (non-hydrogen) atoms. The van der Waals surface area contributed by atoms with Crippen molar-refractivity contribution in [3.8, 4) is 11.6 Å². The molecule has 2 bridgehead atoms. The van der Waals surface area contributed by atoms with Crippen molar-refractivity contribution in [3.63, 3.8) is 0 Å². The highest BCUT2D eigenvalue weighted by atomic mass is 35.5. The zero-order valence-corrected chi connectivity index (χ0v) is 31.1. The fourth-order valence-corrected chi connectivity index (χ4v) is 10.5. The molecular weight excluding hydrogens is 690 g/mol. The van der Waals surface area contributed by atoms with Crippen molar-refractivity contribution in [1.29, 1.82) is 0 Å². The molecule has 1 aromatic heterocycles. The monoisotopic (exact) mass is 735 g/mol. The lowest BCUT2D eigenvalue weighted by molar-refractivity contribution is -0.0314. The van der Waals surface area contributed by atoms with Gasteiger partial charge >= 0.3 is 0 Å². The molecule has 1 unspecified atom stereocenters. The Morgan fingerprint density at radius 2 is 2.04 bits per heavy atom. The van der Waals surface area contributed by atoms with Gasteiger partial charge in [0.25, 0.3) is 11.8 Å². The van der Waals surface area contributed by atoms with E-state index < -0.39 is 27.3 Å². The third-order valence-corrected chi connectivity index (χ3v) is 13.3. The molecule has 2 aliphatic carbocycles. The van der Waals surface area contributed by atoms with Crippen LogP contribution < -0.4 is 19.1 Å². The summed E-state index contributed by atoms with van der Waals surface area (Å²) in [5.74, 6) is -0.767. The van der Waals surface area contributed by atoms with Gasteiger partial charge in [0.1, 0.15) is 21.2 Å². The molecule has 272 valence electrons. The molecule has 2 N–H and O–H groups in total. The van der Waals surface area contributed by atoms with Crippen LogP contribution in [0.3, 0.4) is 0 Å². The normalized spacial score (nSPS) is 31.2. The number of nitrogens with zero attached hydrogens (tertiary/aromatic N) is 4. The first-order valence-corrected chi connectivity index (χ1v) is 19.7. The fourth-order valence-electron chi connectivity index (χ4n) is 8.47. The number of ether oxygens (including phenoxy) is 2. The fraction of sp³-hybridized carbons (Fsp3) is 0.500. The van der Waals surface area contributed by atoms with Gasteiger partial charge < -0.3 is 19.5 Å². The van der Waals surface area contributed by atoms with Gasteiger partial charge in [0.05, 0.1) is 30.8 Å². The Labute approximate surface area is 304 Å². The van der Waals surface area contributed by atoms with Crippen molar-refractivity contribution in [2.45, 2.75) is 63.4 Å². The van der Waals surface area contributed by atoms with Crippen LogP contribution >= 0.6 is 11.6 Å². The van der Waals surface area contributed by atoms with E-state index in [1.807, 2.05) is 32.1 Å². The minimum absolute atomic E-state index is 0.0378. The standard InChI is InChI=1S/C38H46ClN5O6S/c1-24-7-5-15-37(2,47)30-12-9-27(30)19-44-22-38(16-6-8-25-17-28(39)11-13-31(25)38)23-50-33-14-10-26(18-32(33)44)34(45)41-51(48,21-24)42-35(46)29-20-43(3)40-36(29)49-4/h5,10-11,13-15,17-18,20,24,27,30,47H,6-9,12,16,19,21-23H2,1-4H3,(H,41,42,45,46,48)/b15-5+/t24-,27-,30+,37-,38-,51?/m0/s1. The zero-order valence-electron chi connectivity index (χ0n) is 29.6. The second kappa shape index (κ2) is 13.6. The Morgan fingerprint density at radius 3 is 2.80 bits per heavy atom. The van der Waals surface area contributed by atoms with Crippen molar-refractivity contribution in [2.75, 3.05) is 37.5 Å². The lowest BCUT2D eigenvalue weighted by Crippen LogP contribution is -2.51. The zero-order chi connectivity index (χ0) is 36.1. The molecule has 1 fully saturated rings. The van der Waals surface area contributed by atoms with Crippen molar-refractivity contribution in [3.05, 3.63) is 82.0 Å². The number of halogens is 1. The quantitative estimate of drug-likeness (QED) is 0.319. The van der Waals surface area contributed by atoms with Gasteiger partial charge in [0.2, 0.25) is 5.88 Å². The molecule has 3 aromatic rings. The minimum Gasteiger partial charge on any atom is -0.490 e. The second-order valence-electron chi connectivity index (χ2n) is 15.1. The smallest absolute Gasteiger partial charge is 0.286 e. The number of carbonyl (C=O) groups excluding carboxylic acids is 2. The van der Waals surface area contributed by atoms with Crippen LogP contribution in [-0.2, 0) is 28.8 Å². The van der Waals surface area contributed by atoms with Crippen molar-refractivity contribution >= 4 is 39.0 Å². The number of nitrogens with one attached hydrogen (secondary N) is 1. The summed E-state index contributed by atoms with van der Waals surface area (Å²) in [6.45, 7) is 5.54. The SMILES string of the molecule is COc1nn(C)cc1C(=O)NS1(=O)=NC(=O)c2ccc3c(c2)N(C[C@@H]2CC[C@H]2[C@@](C)(O)/C=C/C[C@H](C)C1)C[C@@]1(CCCc2cc(Cl)ccc21)CO3. The van der Waals surface area contributed by atoms with Crippen LogP contribution in [0.15, 0.2) is 59.1 Å². The average Bonchev–Trinajstić information content (AvgIpc) is 3.37. The van der Waals surface area contributed by atoms with Crippen LogP contribution in [0.2, 0.25) is 5.02 Å². The van der Waals surface area contributed by atoms with Gasteiger partial charge in [-0.3, -0.25) is 19.0 Å². The minimum atomic E-state index is -3.63. The van der Waals surface area contributed by atoms with Crippen LogP contribution in [0, 0.1) is 17.8 Å². The van der Waals surface area contributed by atoms with Gasteiger partial charge in [-0.2, -0.15) is 0 Å². The van der Waals surface area contributed by atoms with Crippen molar-refractivity contribution < 1.29 is 28.4 Å². The number of hydrogen-bond acceptors (Lipinski definition) is 8. The predicted molar refractivity (Wildman–Crippen MR) is 197 cm³/mol. The highest BCUT2D eigenvalue weighted by Crippen LogP contribution is 2.48. The number of benzene rings is 2. The molecule has 2 aliphatic heterocycles. The molecule has 6 atom stereocenters. The number of carbonyl (C=O) groups is 2. The van der Waals surface area contributed by atoms with E-state index in [1.54, 1.807) is 25.2 Å². The Bertz CT molecular complexity index is 2020. The number of allylic oxidation sites excluding steroid dienone is 1. The molecule has 11 nitrogen and oxygen atoms in total. The Kier molecular flexibility index (Phi) is 9.47. The van der Waals surface area contributed by atoms with E-state index in [0.717, 1.165) is 42.8 Å². The number of aryl methyl sites for hydroxylation is 2. The van der Waals surface area contributed by atoms with Gasteiger partial charge in [-0.05, 0) is 105 Å². The summed E-state index contributed by atoms with van der Waals surface area (Å²) in [5, 5.41) is 16.6. The van der Waals surface area contributed by atoms with Gasteiger partial charge in [0, 0.05) is 42.3 Å². The van der Waals surface area contributed by atoms with Gasteiger partial charge in [0.15, 0.2) is 0 Å². The molecule has 7 rings (SSSR count). The molecule has 4 aliphatic rings. The van der Waals surface area contributed by atoms with Gasteiger partial charge in [-0.25, -0.2) is 4.21 Å². The molecule has 3 heterocycles. The predicted octanol–water partition coefficient (Wildman–Crippen LogP) is 5.88. The van der Waals surface area contributed by atoms with E-state index in [4.69, 9.17) is 21.1 Å². The lowest BCUT2D eigenvalue weighted by Gasteiger charge is -2.48. The highest BCUT2D eigenvalue weighted by molar-refractivity contribution is 7.92. The molecule has 2 amide bonds. The first-order chi connectivity index (χ1) is 24.3. The summed E-state index contributed by atoms with van der Waals surface area (Å²) < 4.78 is 34.7. The number of amides is 2. The first-order valence-electron chi connectivity index (χ1n) is 17.7. The van der Waals surface area contributed by atoms with E-state index in [0.29, 0.717) is 31.9 Å². The molecule has 1 saturated carbocycles. The third-order valence-electron chi connectivity index (χ3n) is 11.1. The molecule has 1 spiro atoms. The van der Waals surface area contributed by atoms with E-state index in [2.05, 4.69) is 31.2 Å². The summed E-state index contributed by atoms with van der Waals surface area (Å²) in [4.78, 5) is 29.8. The Morgan fingerprint density at radius 1 is 1.22 bits per heavy atom. The molecule has 13 heteroatoms. The molecular formula is C38H46ClN5O6S. The maximum atomic E-state index is 14.5. The van der Waals surface area contributed by atoms with Crippen molar-refractivity contribution in [1.82, 2.24) is 14.5 Å². The van der Waals surface area contributed by atoms with E-state index in [1.165, 1.54) is 29.1 Å². The topological polar surface area (TPSA) is 135 Å². The maximum Gasteiger partial charge on any atom is 0.286 e. The number of aliphatic hydroxyl groups is 1. The third kappa shape index (κ3) is 7.02. The summed E-state index contributed by atoms with van der Waals surface area (Å²) in [6.07, 6.45) is 10.5. The van der Waals surface area contributed by atoms with E-state index >= 15 is 0 Å². The molecule has 0 radical (unpaired) electrons. The summed E-state index contributed by atoms with van der Waals surface area (Å²) in [6, 6.07) is 11.4. The van der Waals surface area contributed by atoms with Crippen LogP contribution in [0.1, 0.15) is 77.8 Å². The highest BCUT2D eigenvalue weighted by Gasteiger charge is 2.46. The van der Waals surface area contributed by atoms with Crippen LogP contribution in [0.5, 0.6) is 11.6 Å². The number of hydrogen-bond donors (Lipinski definition) is 2. The number of methoxy groups -OCH3 is 1. The summed E-state index contributed by atoms with van der Waals surface area (Å²) in [5.41, 5.74) is 2.19. The molecule has 0 saturated heterocycles. The number of fused-ring (bicyclic) bond motifs is 4. The molecule has 2 aromatic carbocycles. The number of rotatable bonds is 3. The van der Waals surface area contributed by atoms with E-state index in [9.17, 15) is 18.9 Å². The van der Waals surface area contributed by atoms with Gasteiger partial charge in [-0.15, -0.1) is 9.46 Å². The number of anilines is 1. The van der Waals surface area contributed by atoms with E-state index in [-0.39, 0.29) is 45.9 Å². The van der Waals surface area contributed by atoms with Crippen LogP contribution in [-0.4, -0.2) is 69.1 Å². The maximum absolute atomic E-state index is 14.5. The Balaban J connectivity index is 1.31. The summed E-state index contributed by atoms with van der Waals surface area (Å²) >= 11 is 6.44. The van der Waals surface area contributed by atoms with Gasteiger partial charge in [-0.1, -0.05) is 36.7 Å². The average molecular weight is 736 g/mol. The number of aromatic nitrogens is 2. The van der Waals surface area contributed by atoms with Crippen molar-refractivity contribution in [2.24, 2.45) is 29.2 Å².